The van der Waals surface area contributed by atoms with Gasteiger partial charge in [-0.25, -0.2) is 4.39 Å². The van der Waals surface area contributed by atoms with Crippen molar-refractivity contribution < 1.29 is 9.13 Å². The molecule has 18 heavy (non-hydrogen) atoms. The molecule has 2 aromatic rings. The maximum absolute atomic E-state index is 13.7. The van der Waals surface area contributed by atoms with Crippen molar-refractivity contribution in [2.24, 2.45) is 5.73 Å². The molecule has 0 amide bonds. The van der Waals surface area contributed by atoms with E-state index >= 15 is 0 Å². The van der Waals surface area contributed by atoms with Crippen LogP contribution in [0.4, 0.5) is 4.39 Å². The molecule has 94 valence electrons. The van der Waals surface area contributed by atoms with Crippen LogP contribution in [0.2, 0.25) is 0 Å². The topological polar surface area (TPSA) is 35.2 Å². The van der Waals surface area contributed by atoms with E-state index in [1.807, 2.05) is 12.1 Å². The Labute approximate surface area is 121 Å². The number of halogens is 3. The molecule has 2 aromatic carbocycles. The van der Waals surface area contributed by atoms with E-state index < -0.39 is 5.82 Å². The lowest BCUT2D eigenvalue weighted by atomic mass is 10.2. The van der Waals surface area contributed by atoms with Crippen LogP contribution >= 0.6 is 31.9 Å². The second kappa shape index (κ2) is 5.82. The third-order valence-corrected chi connectivity index (χ3v) is 3.63. The van der Waals surface area contributed by atoms with E-state index in [4.69, 9.17) is 10.5 Å². The van der Waals surface area contributed by atoms with Crippen molar-refractivity contribution in [3.63, 3.8) is 0 Å². The van der Waals surface area contributed by atoms with Gasteiger partial charge in [-0.3, -0.25) is 0 Å². The molecule has 0 aliphatic rings. The molecule has 2 N–H and O–H groups in total. The number of hydrogen-bond acceptors (Lipinski definition) is 2. The zero-order valence-corrected chi connectivity index (χ0v) is 12.5. The first kappa shape index (κ1) is 13.5. The van der Waals surface area contributed by atoms with Gasteiger partial charge in [0.05, 0.1) is 0 Å². The molecule has 0 saturated heterocycles. The molecule has 2 nitrogen and oxygen atoms in total. The lowest BCUT2D eigenvalue weighted by Crippen LogP contribution is -2.01. The van der Waals surface area contributed by atoms with E-state index in [9.17, 15) is 4.39 Å². The van der Waals surface area contributed by atoms with Gasteiger partial charge in [0.2, 0.25) is 0 Å². The Morgan fingerprint density at radius 1 is 1.11 bits per heavy atom. The minimum atomic E-state index is -0.424. The maximum atomic E-state index is 13.7. The summed E-state index contributed by atoms with van der Waals surface area (Å²) in [4.78, 5) is 0. The highest BCUT2D eigenvalue weighted by atomic mass is 79.9. The van der Waals surface area contributed by atoms with Crippen LogP contribution in [0.3, 0.4) is 0 Å². The van der Waals surface area contributed by atoms with Crippen LogP contribution in [0, 0.1) is 5.82 Å². The standard InChI is InChI=1S/C13H10Br2FNO/c14-8-4-5-13(11(16)6-8)18-12-3-1-2-10(15)9(12)7-17/h1-6H,7,17H2. The van der Waals surface area contributed by atoms with Gasteiger partial charge in [-0.15, -0.1) is 0 Å². The Hall–Kier alpha value is -0.910. The monoisotopic (exact) mass is 373 g/mol. The summed E-state index contributed by atoms with van der Waals surface area (Å²) in [7, 11) is 0. The van der Waals surface area contributed by atoms with Crippen molar-refractivity contribution in [2.75, 3.05) is 0 Å². The molecule has 0 aromatic heterocycles. The highest BCUT2D eigenvalue weighted by Gasteiger charge is 2.10. The largest absolute Gasteiger partial charge is 0.454 e. The average Bonchev–Trinajstić information content (AvgIpc) is 2.33. The third-order valence-electron chi connectivity index (χ3n) is 2.39. The molecule has 0 bridgehead atoms. The fraction of sp³-hybridized carbons (Fsp3) is 0.0769. The third kappa shape index (κ3) is 2.91. The predicted octanol–water partition coefficient (Wildman–Crippen LogP) is 4.60. The van der Waals surface area contributed by atoms with Gasteiger partial charge in [0.1, 0.15) is 5.75 Å². The number of benzene rings is 2. The summed E-state index contributed by atoms with van der Waals surface area (Å²) in [6, 6.07) is 10.1. The first-order chi connectivity index (χ1) is 8.61. The van der Waals surface area contributed by atoms with E-state index in [-0.39, 0.29) is 5.75 Å². The fourth-order valence-corrected chi connectivity index (χ4v) is 2.35. The SMILES string of the molecule is NCc1c(Br)cccc1Oc1ccc(Br)cc1F. The summed E-state index contributed by atoms with van der Waals surface area (Å²) < 4.78 is 20.8. The molecule has 2 rings (SSSR count). The summed E-state index contributed by atoms with van der Waals surface area (Å²) in [5.41, 5.74) is 6.46. The quantitative estimate of drug-likeness (QED) is 0.851. The molecule has 0 atom stereocenters. The highest BCUT2D eigenvalue weighted by Crippen LogP contribution is 2.32. The van der Waals surface area contributed by atoms with Crippen molar-refractivity contribution in [3.05, 3.63) is 56.7 Å². The van der Waals surface area contributed by atoms with Gasteiger partial charge in [0.25, 0.3) is 0 Å². The summed E-state index contributed by atoms with van der Waals surface area (Å²) in [5, 5.41) is 0. The average molecular weight is 375 g/mol. The minimum absolute atomic E-state index is 0.172. The number of hydrogen-bond donors (Lipinski definition) is 1. The molecule has 5 heteroatoms. The van der Waals surface area contributed by atoms with Crippen molar-refractivity contribution >= 4 is 31.9 Å². The van der Waals surface area contributed by atoms with Gasteiger partial charge in [0, 0.05) is 21.1 Å². The molecule has 0 aliphatic carbocycles. The summed E-state index contributed by atoms with van der Waals surface area (Å²) in [6.07, 6.45) is 0. The molecule has 0 spiro atoms. The molecule has 0 heterocycles. The zero-order chi connectivity index (χ0) is 13.1. The van der Waals surface area contributed by atoms with E-state index in [0.29, 0.717) is 16.8 Å². The lowest BCUT2D eigenvalue weighted by molar-refractivity contribution is 0.437. The van der Waals surface area contributed by atoms with Gasteiger partial charge in [0.15, 0.2) is 11.6 Å². The van der Waals surface area contributed by atoms with Gasteiger partial charge >= 0.3 is 0 Å². The lowest BCUT2D eigenvalue weighted by Gasteiger charge is -2.12. The number of rotatable bonds is 3. The van der Waals surface area contributed by atoms with E-state index in [1.165, 1.54) is 6.07 Å². The van der Waals surface area contributed by atoms with E-state index in [1.54, 1.807) is 18.2 Å². The Kier molecular flexibility index (Phi) is 4.37. The maximum Gasteiger partial charge on any atom is 0.166 e. The molecular weight excluding hydrogens is 365 g/mol. The number of nitrogens with two attached hydrogens (primary N) is 1. The van der Waals surface area contributed by atoms with Gasteiger partial charge in [-0.1, -0.05) is 37.9 Å². The first-order valence-corrected chi connectivity index (χ1v) is 6.81. The van der Waals surface area contributed by atoms with Gasteiger partial charge in [-0.2, -0.15) is 0 Å². The summed E-state index contributed by atoms with van der Waals surface area (Å²) >= 11 is 6.59. The molecule has 0 fully saturated rings. The van der Waals surface area contributed by atoms with Crippen LogP contribution in [-0.4, -0.2) is 0 Å². The van der Waals surface area contributed by atoms with Crippen molar-refractivity contribution in [3.8, 4) is 11.5 Å². The second-order valence-electron chi connectivity index (χ2n) is 3.60. The Balaban J connectivity index is 2.37. The minimum Gasteiger partial charge on any atom is -0.454 e. The first-order valence-electron chi connectivity index (χ1n) is 5.22. The highest BCUT2D eigenvalue weighted by molar-refractivity contribution is 9.10. The normalized spacial score (nSPS) is 10.4. The molecular formula is C13H10Br2FNO. The van der Waals surface area contributed by atoms with Crippen LogP contribution in [0.5, 0.6) is 11.5 Å². The van der Waals surface area contributed by atoms with Crippen molar-refractivity contribution in [1.29, 1.82) is 0 Å². The van der Waals surface area contributed by atoms with Crippen LogP contribution in [-0.2, 0) is 6.54 Å². The zero-order valence-electron chi connectivity index (χ0n) is 9.29. The Morgan fingerprint density at radius 2 is 1.89 bits per heavy atom. The van der Waals surface area contributed by atoms with Crippen LogP contribution in [0.1, 0.15) is 5.56 Å². The van der Waals surface area contributed by atoms with Gasteiger partial charge < -0.3 is 10.5 Å². The van der Waals surface area contributed by atoms with E-state index in [2.05, 4.69) is 31.9 Å². The molecule has 0 unspecified atom stereocenters. The van der Waals surface area contributed by atoms with Gasteiger partial charge in [-0.05, 0) is 30.3 Å². The summed E-state index contributed by atoms with van der Waals surface area (Å²) in [6.45, 7) is 0.314. The fourth-order valence-electron chi connectivity index (χ4n) is 1.51. The summed E-state index contributed by atoms with van der Waals surface area (Å²) in [5.74, 6) is 0.298. The number of ether oxygens (including phenoxy) is 1. The molecule has 0 radical (unpaired) electrons. The van der Waals surface area contributed by atoms with Crippen LogP contribution < -0.4 is 10.5 Å². The predicted molar refractivity (Wildman–Crippen MR) is 76.2 cm³/mol. The second-order valence-corrected chi connectivity index (χ2v) is 5.37. The Morgan fingerprint density at radius 3 is 2.56 bits per heavy atom. The smallest absolute Gasteiger partial charge is 0.166 e. The van der Waals surface area contributed by atoms with Crippen LogP contribution in [0.25, 0.3) is 0 Å². The van der Waals surface area contributed by atoms with Crippen molar-refractivity contribution in [2.45, 2.75) is 6.54 Å². The Bertz CT molecular complexity index is 575. The van der Waals surface area contributed by atoms with Crippen molar-refractivity contribution in [1.82, 2.24) is 0 Å². The van der Waals surface area contributed by atoms with E-state index in [0.717, 1.165) is 10.0 Å². The molecule has 0 saturated carbocycles. The molecule has 0 aliphatic heterocycles. The van der Waals surface area contributed by atoms with Crippen LogP contribution in [0.15, 0.2) is 45.3 Å².